The van der Waals surface area contributed by atoms with Gasteiger partial charge in [0.15, 0.2) is 0 Å². The zero-order valence-electron chi connectivity index (χ0n) is 14.3. The Hall–Kier alpha value is -2.04. The first-order chi connectivity index (χ1) is 10.9. The van der Waals surface area contributed by atoms with Crippen LogP contribution < -0.4 is 15.0 Å². The Bertz CT molecular complexity index is 554. The van der Waals surface area contributed by atoms with E-state index in [-0.39, 0.29) is 36.3 Å². The average molecular weight is 318 g/mol. The molecule has 5 nitrogen and oxygen atoms in total. The number of nitrogens with one attached hydrogen (secondary N) is 1. The van der Waals surface area contributed by atoms with Crippen molar-refractivity contribution in [2.45, 2.75) is 52.7 Å². The van der Waals surface area contributed by atoms with Crippen LogP contribution >= 0.6 is 0 Å². The molecular formula is C18H26N2O3. The molecule has 0 unspecified atom stereocenters. The third-order valence-electron chi connectivity index (χ3n) is 4.02. The van der Waals surface area contributed by atoms with E-state index in [0.717, 1.165) is 17.9 Å². The lowest BCUT2D eigenvalue weighted by molar-refractivity contribution is -0.126. The van der Waals surface area contributed by atoms with Gasteiger partial charge in [-0.3, -0.25) is 9.59 Å². The summed E-state index contributed by atoms with van der Waals surface area (Å²) in [6.07, 6.45) is 1.27. The summed E-state index contributed by atoms with van der Waals surface area (Å²) in [5, 5.41) is 2.96. The maximum Gasteiger partial charge on any atom is 0.227 e. The molecule has 2 rings (SSSR count). The topological polar surface area (TPSA) is 58.6 Å². The Balaban J connectivity index is 2.01. The van der Waals surface area contributed by atoms with Crippen molar-refractivity contribution in [3.05, 3.63) is 24.3 Å². The second kappa shape index (κ2) is 7.49. The van der Waals surface area contributed by atoms with E-state index in [0.29, 0.717) is 6.54 Å². The fourth-order valence-corrected chi connectivity index (χ4v) is 2.57. The van der Waals surface area contributed by atoms with Gasteiger partial charge in [0.25, 0.3) is 0 Å². The van der Waals surface area contributed by atoms with Crippen LogP contribution in [0.5, 0.6) is 5.75 Å². The van der Waals surface area contributed by atoms with E-state index in [1.807, 2.05) is 52.0 Å². The van der Waals surface area contributed by atoms with Crippen molar-refractivity contribution in [2.75, 3.05) is 11.4 Å². The van der Waals surface area contributed by atoms with E-state index in [1.54, 1.807) is 4.90 Å². The summed E-state index contributed by atoms with van der Waals surface area (Å²) in [4.78, 5) is 26.1. The van der Waals surface area contributed by atoms with Gasteiger partial charge in [0.1, 0.15) is 5.75 Å². The molecule has 126 valence electrons. The van der Waals surface area contributed by atoms with Crippen LogP contribution in [0.15, 0.2) is 24.3 Å². The molecule has 0 saturated carbocycles. The maximum absolute atomic E-state index is 12.2. The first-order valence-corrected chi connectivity index (χ1v) is 8.28. The SMILES string of the molecule is CC[C@H](C)NC(=O)[C@@H]1CC(=O)N(c2ccc(OC(C)C)cc2)C1. The Morgan fingerprint density at radius 3 is 2.52 bits per heavy atom. The van der Waals surface area contributed by atoms with E-state index in [2.05, 4.69) is 5.32 Å². The second-order valence-electron chi connectivity index (χ2n) is 6.38. The smallest absolute Gasteiger partial charge is 0.227 e. The largest absolute Gasteiger partial charge is 0.491 e. The number of hydrogen-bond donors (Lipinski definition) is 1. The van der Waals surface area contributed by atoms with Crippen LogP contribution in [0.25, 0.3) is 0 Å². The fourth-order valence-electron chi connectivity index (χ4n) is 2.57. The van der Waals surface area contributed by atoms with Gasteiger partial charge in [0.2, 0.25) is 11.8 Å². The van der Waals surface area contributed by atoms with Gasteiger partial charge >= 0.3 is 0 Å². The predicted molar refractivity (Wildman–Crippen MR) is 90.6 cm³/mol. The highest BCUT2D eigenvalue weighted by Crippen LogP contribution is 2.27. The number of nitrogens with zero attached hydrogens (tertiary/aromatic N) is 1. The highest BCUT2D eigenvalue weighted by molar-refractivity contribution is 6.00. The Morgan fingerprint density at radius 2 is 1.96 bits per heavy atom. The second-order valence-corrected chi connectivity index (χ2v) is 6.38. The molecule has 1 fully saturated rings. The third-order valence-corrected chi connectivity index (χ3v) is 4.02. The van der Waals surface area contributed by atoms with Gasteiger partial charge in [-0.05, 0) is 51.5 Å². The first-order valence-electron chi connectivity index (χ1n) is 8.28. The summed E-state index contributed by atoms with van der Waals surface area (Å²) in [6, 6.07) is 7.58. The third kappa shape index (κ3) is 4.47. The minimum atomic E-state index is -0.275. The van der Waals surface area contributed by atoms with E-state index < -0.39 is 0 Å². The molecule has 0 aromatic heterocycles. The van der Waals surface area contributed by atoms with Crippen molar-refractivity contribution in [3.63, 3.8) is 0 Å². The van der Waals surface area contributed by atoms with E-state index in [4.69, 9.17) is 4.74 Å². The Kier molecular flexibility index (Phi) is 5.64. The molecule has 2 amide bonds. The van der Waals surface area contributed by atoms with Crippen LogP contribution in [-0.4, -0.2) is 30.5 Å². The van der Waals surface area contributed by atoms with E-state index in [9.17, 15) is 9.59 Å². The molecule has 5 heteroatoms. The molecule has 1 aliphatic rings. The van der Waals surface area contributed by atoms with Crippen LogP contribution in [0.4, 0.5) is 5.69 Å². The number of carbonyl (C=O) groups excluding carboxylic acids is 2. The molecule has 0 bridgehead atoms. The quantitative estimate of drug-likeness (QED) is 0.877. The zero-order chi connectivity index (χ0) is 17.0. The summed E-state index contributed by atoms with van der Waals surface area (Å²) in [6.45, 7) is 8.38. The average Bonchev–Trinajstić information content (AvgIpc) is 2.89. The number of benzene rings is 1. The fraction of sp³-hybridized carbons (Fsp3) is 0.556. The van der Waals surface area contributed by atoms with Crippen LogP contribution in [0, 0.1) is 5.92 Å². The lowest BCUT2D eigenvalue weighted by atomic mass is 10.1. The maximum atomic E-state index is 12.2. The van der Waals surface area contributed by atoms with Gasteiger partial charge in [0.05, 0.1) is 12.0 Å². The molecular weight excluding hydrogens is 292 g/mol. The van der Waals surface area contributed by atoms with Crippen LogP contribution in [0.1, 0.15) is 40.5 Å². The van der Waals surface area contributed by atoms with Crippen LogP contribution in [-0.2, 0) is 9.59 Å². The van der Waals surface area contributed by atoms with Gasteiger partial charge in [-0.2, -0.15) is 0 Å². The van der Waals surface area contributed by atoms with E-state index >= 15 is 0 Å². The monoisotopic (exact) mass is 318 g/mol. The predicted octanol–water partition coefficient (Wildman–Crippen LogP) is 2.74. The molecule has 1 heterocycles. The molecule has 1 N–H and O–H groups in total. The minimum Gasteiger partial charge on any atom is -0.491 e. The summed E-state index contributed by atoms with van der Waals surface area (Å²) < 4.78 is 5.61. The molecule has 0 radical (unpaired) electrons. The molecule has 1 aromatic carbocycles. The lowest BCUT2D eigenvalue weighted by Gasteiger charge is -2.18. The molecule has 1 saturated heterocycles. The van der Waals surface area contributed by atoms with Gasteiger partial charge in [0, 0.05) is 24.7 Å². The molecule has 23 heavy (non-hydrogen) atoms. The lowest BCUT2D eigenvalue weighted by Crippen LogP contribution is -2.38. The van der Waals surface area contributed by atoms with Gasteiger partial charge in [-0.25, -0.2) is 0 Å². The highest BCUT2D eigenvalue weighted by Gasteiger charge is 2.35. The molecule has 0 spiro atoms. The number of carbonyl (C=O) groups is 2. The van der Waals surface area contributed by atoms with Crippen LogP contribution in [0.3, 0.4) is 0 Å². The number of hydrogen-bond acceptors (Lipinski definition) is 3. The Labute approximate surface area is 138 Å². The van der Waals surface area contributed by atoms with Gasteiger partial charge in [-0.1, -0.05) is 6.92 Å². The number of ether oxygens (including phenoxy) is 1. The number of rotatable bonds is 6. The summed E-state index contributed by atoms with van der Waals surface area (Å²) in [5.74, 6) is 0.464. The standard InChI is InChI=1S/C18H26N2O3/c1-5-13(4)19-18(22)14-10-17(21)20(11-14)15-6-8-16(9-7-15)23-12(2)3/h6-9,12-14H,5,10-11H2,1-4H3,(H,19,22)/t13-,14+/m0/s1. The van der Waals surface area contributed by atoms with Gasteiger partial charge < -0.3 is 15.0 Å². The number of anilines is 1. The molecule has 0 aliphatic carbocycles. The minimum absolute atomic E-state index is 0.00757. The van der Waals surface area contributed by atoms with Crippen LogP contribution in [0.2, 0.25) is 0 Å². The molecule has 2 atom stereocenters. The van der Waals surface area contributed by atoms with Crippen molar-refractivity contribution < 1.29 is 14.3 Å². The summed E-state index contributed by atoms with van der Waals surface area (Å²) in [7, 11) is 0. The van der Waals surface area contributed by atoms with Crippen molar-refractivity contribution >= 4 is 17.5 Å². The van der Waals surface area contributed by atoms with Crippen molar-refractivity contribution in [2.24, 2.45) is 5.92 Å². The van der Waals surface area contributed by atoms with Crippen molar-refractivity contribution in [1.29, 1.82) is 0 Å². The summed E-state index contributed by atoms with van der Waals surface area (Å²) in [5.41, 5.74) is 0.810. The van der Waals surface area contributed by atoms with Crippen molar-refractivity contribution in [3.8, 4) is 5.75 Å². The number of amides is 2. The summed E-state index contributed by atoms with van der Waals surface area (Å²) >= 11 is 0. The zero-order valence-corrected chi connectivity index (χ0v) is 14.3. The molecule has 1 aliphatic heterocycles. The van der Waals surface area contributed by atoms with Crippen molar-refractivity contribution in [1.82, 2.24) is 5.32 Å². The van der Waals surface area contributed by atoms with Gasteiger partial charge in [-0.15, -0.1) is 0 Å². The normalized spacial score (nSPS) is 19.1. The van der Waals surface area contributed by atoms with E-state index in [1.165, 1.54) is 0 Å². The first kappa shape index (κ1) is 17.3. The highest BCUT2D eigenvalue weighted by atomic mass is 16.5. The molecule has 1 aromatic rings. The Morgan fingerprint density at radius 1 is 1.30 bits per heavy atom.